The van der Waals surface area contributed by atoms with Crippen LogP contribution in [0.3, 0.4) is 0 Å². The monoisotopic (exact) mass is 291 g/mol. The van der Waals surface area contributed by atoms with Gasteiger partial charge in [-0.05, 0) is 43.9 Å². The van der Waals surface area contributed by atoms with Crippen LogP contribution in [0, 0.1) is 6.92 Å². The van der Waals surface area contributed by atoms with Crippen LogP contribution in [-0.4, -0.2) is 43.3 Å². The normalized spacial score (nSPS) is 23.5. The zero-order valence-electron chi connectivity index (χ0n) is 14.1. The fraction of sp³-hybridized carbons (Fsp3) is 0.667. The molecule has 3 heteroatoms. The third-order valence-corrected chi connectivity index (χ3v) is 3.95. The Morgan fingerprint density at radius 3 is 2.52 bits per heavy atom. The van der Waals surface area contributed by atoms with E-state index in [0.29, 0.717) is 18.1 Å². The Labute approximate surface area is 129 Å². The first kappa shape index (κ1) is 16.3. The molecule has 1 aromatic rings. The molecule has 0 spiro atoms. The van der Waals surface area contributed by atoms with Crippen molar-refractivity contribution < 1.29 is 9.47 Å². The summed E-state index contributed by atoms with van der Waals surface area (Å²) in [6, 6.07) is 6.50. The van der Waals surface area contributed by atoms with Gasteiger partial charge in [0.15, 0.2) is 0 Å². The van der Waals surface area contributed by atoms with Crippen molar-refractivity contribution >= 4 is 0 Å². The van der Waals surface area contributed by atoms with Gasteiger partial charge in [0.05, 0.1) is 12.2 Å². The summed E-state index contributed by atoms with van der Waals surface area (Å²) in [4.78, 5) is 2.43. The molecule has 1 heterocycles. The van der Waals surface area contributed by atoms with Crippen LogP contribution >= 0.6 is 0 Å². The summed E-state index contributed by atoms with van der Waals surface area (Å²) in [6.45, 7) is 14.5. The van der Waals surface area contributed by atoms with E-state index in [1.165, 1.54) is 11.1 Å². The maximum atomic E-state index is 6.07. The van der Waals surface area contributed by atoms with Gasteiger partial charge in [0.25, 0.3) is 0 Å². The predicted octanol–water partition coefficient (Wildman–Crippen LogP) is 3.61. The number of rotatable bonds is 5. The molecule has 3 nitrogen and oxygen atoms in total. The maximum Gasteiger partial charge on any atom is 0.123 e. The van der Waals surface area contributed by atoms with Gasteiger partial charge in [0, 0.05) is 19.6 Å². The Morgan fingerprint density at radius 2 is 1.90 bits per heavy atom. The zero-order valence-corrected chi connectivity index (χ0v) is 14.1. The summed E-state index contributed by atoms with van der Waals surface area (Å²) < 4.78 is 11.8. The first-order chi connectivity index (χ1) is 9.95. The summed E-state index contributed by atoms with van der Waals surface area (Å²) in [6.07, 6.45) is 0.637. The van der Waals surface area contributed by atoms with Crippen molar-refractivity contribution in [2.24, 2.45) is 0 Å². The van der Waals surface area contributed by atoms with Crippen LogP contribution in [-0.2, 0) is 4.74 Å². The van der Waals surface area contributed by atoms with E-state index in [2.05, 4.69) is 57.7 Å². The zero-order chi connectivity index (χ0) is 15.4. The van der Waals surface area contributed by atoms with Crippen molar-refractivity contribution in [2.45, 2.75) is 52.7 Å². The highest BCUT2D eigenvalue weighted by molar-refractivity contribution is 5.39. The molecule has 0 amide bonds. The summed E-state index contributed by atoms with van der Waals surface area (Å²) in [5.41, 5.74) is 2.55. The number of aryl methyl sites for hydroxylation is 1. The van der Waals surface area contributed by atoms with E-state index in [9.17, 15) is 0 Å². The maximum absolute atomic E-state index is 6.07. The Hall–Kier alpha value is -1.06. The third kappa shape index (κ3) is 4.72. The minimum absolute atomic E-state index is 0.318. The number of ether oxygens (including phenoxy) is 2. The van der Waals surface area contributed by atoms with Gasteiger partial charge in [-0.3, -0.25) is 4.90 Å². The number of hydrogen-bond acceptors (Lipinski definition) is 3. The molecular weight excluding hydrogens is 262 g/mol. The summed E-state index contributed by atoms with van der Waals surface area (Å²) in [5, 5.41) is 0. The Morgan fingerprint density at radius 1 is 1.24 bits per heavy atom. The second kappa shape index (κ2) is 7.28. The van der Waals surface area contributed by atoms with Crippen molar-refractivity contribution in [1.82, 2.24) is 4.90 Å². The molecule has 1 aliphatic rings. The highest BCUT2D eigenvalue weighted by Crippen LogP contribution is 2.27. The largest absolute Gasteiger partial charge is 0.492 e. The van der Waals surface area contributed by atoms with E-state index in [4.69, 9.17) is 9.47 Å². The standard InChI is InChI=1S/C18H29NO2/c1-13(2)17-7-6-14(3)10-18(17)20-9-8-19-11-15(4)21-16(5)12-19/h6-7,10,13,15-16H,8-9,11-12H2,1-5H3/t15-,16-/m0/s1. The molecule has 0 radical (unpaired) electrons. The Balaban J connectivity index is 1.90. The molecule has 1 fully saturated rings. The highest BCUT2D eigenvalue weighted by Gasteiger charge is 2.21. The molecule has 1 aromatic carbocycles. The minimum Gasteiger partial charge on any atom is -0.492 e. The summed E-state index contributed by atoms with van der Waals surface area (Å²) in [7, 11) is 0. The third-order valence-electron chi connectivity index (χ3n) is 3.95. The molecule has 1 aliphatic heterocycles. The van der Waals surface area contributed by atoms with E-state index >= 15 is 0 Å². The molecule has 118 valence electrons. The van der Waals surface area contributed by atoms with E-state index < -0.39 is 0 Å². The average Bonchev–Trinajstić information content (AvgIpc) is 2.37. The second-order valence-corrected chi connectivity index (χ2v) is 6.56. The molecule has 21 heavy (non-hydrogen) atoms. The minimum atomic E-state index is 0.318. The lowest BCUT2D eigenvalue weighted by Gasteiger charge is -2.35. The van der Waals surface area contributed by atoms with Crippen molar-refractivity contribution in [1.29, 1.82) is 0 Å². The van der Waals surface area contributed by atoms with Crippen LogP contribution in [0.2, 0.25) is 0 Å². The van der Waals surface area contributed by atoms with Gasteiger partial charge in [-0.15, -0.1) is 0 Å². The summed E-state index contributed by atoms with van der Waals surface area (Å²) in [5.74, 6) is 1.53. The average molecular weight is 291 g/mol. The molecule has 0 unspecified atom stereocenters. The number of morpholine rings is 1. The first-order valence-electron chi connectivity index (χ1n) is 8.07. The van der Waals surface area contributed by atoms with Crippen molar-refractivity contribution in [2.75, 3.05) is 26.2 Å². The molecule has 0 aliphatic carbocycles. The van der Waals surface area contributed by atoms with Crippen LogP contribution in [0.5, 0.6) is 5.75 Å². The van der Waals surface area contributed by atoms with Crippen LogP contribution in [0.4, 0.5) is 0 Å². The quantitative estimate of drug-likeness (QED) is 0.827. The molecule has 0 saturated carbocycles. The highest BCUT2D eigenvalue weighted by atomic mass is 16.5. The molecule has 2 rings (SSSR count). The SMILES string of the molecule is Cc1ccc(C(C)C)c(OCCN2C[C@H](C)O[C@@H](C)C2)c1. The molecule has 2 atom stereocenters. The van der Waals surface area contributed by atoms with Gasteiger partial charge < -0.3 is 9.47 Å². The topological polar surface area (TPSA) is 21.7 Å². The number of hydrogen-bond donors (Lipinski definition) is 0. The lowest BCUT2D eigenvalue weighted by atomic mass is 10.0. The van der Waals surface area contributed by atoms with Gasteiger partial charge >= 0.3 is 0 Å². The number of nitrogens with zero attached hydrogens (tertiary/aromatic N) is 1. The molecular formula is C18H29NO2. The van der Waals surface area contributed by atoms with Crippen molar-refractivity contribution in [3.63, 3.8) is 0 Å². The Kier molecular flexibility index (Phi) is 5.65. The van der Waals surface area contributed by atoms with Crippen LogP contribution in [0.25, 0.3) is 0 Å². The van der Waals surface area contributed by atoms with Gasteiger partial charge in [0.1, 0.15) is 12.4 Å². The second-order valence-electron chi connectivity index (χ2n) is 6.56. The predicted molar refractivity (Wildman–Crippen MR) is 87.2 cm³/mol. The fourth-order valence-electron chi connectivity index (χ4n) is 3.00. The van der Waals surface area contributed by atoms with Gasteiger partial charge in [-0.25, -0.2) is 0 Å². The van der Waals surface area contributed by atoms with Crippen molar-refractivity contribution in [3.05, 3.63) is 29.3 Å². The lowest BCUT2D eigenvalue weighted by Crippen LogP contribution is -2.46. The van der Waals surface area contributed by atoms with Gasteiger partial charge in [-0.2, -0.15) is 0 Å². The van der Waals surface area contributed by atoms with Crippen LogP contribution in [0.15, 0.2) is 18.2 Å². The van der Waals surface area contributed by atoms with Crippen LogP contribution in [0.1, 0.15) is 44.7 Å². The molecule has 0 bridgehead atoms. The van der Waals surface area contributed by atoms with Gasteiger partial charge in [0.2, 0.25) is 0 Å². The van der Waals surface area contributed by atoms with E-state index in [1.54, 1.807) is 0 Å². The van der Waals surface area contributed by atoms with E-state index in [0.717, 1.165) is 32.0 Å². The molecule has 0 N–H and O–H groups in total. The van der Waals surface area contributed by atoms with Crippen molar-refractivity contribution in [3.8, 4) is 5.75 Å². The molecule has 0 aromatic heterocycles. The molecule has 1 saturated heterocycles. The first-order valence-corrected chi connectivity index (χ1v) is 8.07. The smallest absolute Gasteiger partial charge is 0.123 e. The van der Waals surface area contributed by atoms with E-state index in [-0.39, 0.29) is 0 Å². The van der Waals surface area contributed by atoms with Crippen LogP contribution < -0.4 is 4.74 Å². The van der Waals surface area contributed by atoms with Gasteiger partial charge in [-0.1, -0.05) is 26.0 Å². The fourth-order valence-corrected chi connectivity index (χ4v) is 3.00. The summed E-state index contributed by atoms with van der Waals surface area (Å²) >= 11 is 0. The number of benzene rings is 1. The van der Waals surface area contributed by atoms with E-state index in [1.807, 2.05) is 0 Å². The lowest BCUT2D eigenvalue weighted by molar-refractivity contribution is -0.0699. The Bertz CT molecular complexity index is 449.